The van der Waals surface area contributed by atoms with Crippen molar-refractivity contribution in [1.82, 2.24) is 9.80 Å². The average molecular weight is 555 g/mol. The molecular formula is C34H38N2O5. The molecule has 2 aliphatic rings. The fourth-order valence-electron chi connectivity index (χ4n) is 5.43. The van der Waals surface area contributed by atoms with E-state index in [2.05, 4.69) is 24.8 Å². The van der Waals surface area contributed by atoms with Gasteiger partial charge in [0.2, 0.25) is 0 Å². The number of rotatable bonds is 9. The molecule has 1 amide bonds. The molecule has 2 aliphatic heterocycles. The number of amides is 1. The first-order valence-electron chi connectivity index (χ1n) is 14.3. The highest BCUT2D eigenvalue weighted by molar-refractivity contribution is 6.46. The number of benzene rings is 3. The van der Waals surface area contributed by atoms with Crippen LogP contribution in [0.25, 0.3) is 5.76 Å². The summed E-state index contributed by atoms with van der Waals surface area (Å²) in [6, 6.07) is 22.4. The number of ether oxygens (including phenoxy) is 2. The summed E-state index contributed by atoms with van der Waals surface area (Å²) in [4.78, 5) is 30.6. The van der Waals surface area contributed by atoms with Gasteiger partial charge in [-0.15, -0.1) is 0 Å². The minimum Gasteiger partial charge on any atom is -0.507 e. The summed E-state index contributed by atoms with van der Waals surface area (Å²) in [5.74, 6) is -0.434. The Balaban J connectivity index is 1.42. The van der Waals surface area contributed by atoms with Crippen LogP contribution in [0.3, 0.4) is 0 Å². The van der Waals surface area contributed by atoms with E-state index in [-0.39, 0.29) is 11.3 Å². The lowest BCUT2D eigenvalue weighted by Gasteiger charge is -2.31. The molecule has 0 bridgehead atoms. The highest BCUT2D eigenvalue weighted by Crippen LogP contribution is 2.40. The zero-order chi connectivity index (χ0) is 28.9. The van der Waals surface area contributed by atoms with Gasteiger partial charge >= 0.3 is 0 Å². The van der Waals surface area contributed by atoms with E-state index in [9.17, 15) is 14.7 Å². The molecule has 2 heterocycles. The second-order valence-electron chi connectivity index (χ2n) is 11.1. The number of nitrogens with zero attached hydrogens (tertiary/aromatic N) is 2. The highest BCUT2D eigenvalue weighted by Gasteiger charge is 2.46. The number of aryl methyl sites for hydroxylation is 1. The van der Waals surface area contributed by atoms with Crippen molar-refractivity contribution < 1.29 is 24.2 Å². The van der Waals surface area contributed by atoms with E-state index in [1.807, 2.05) is 49.4 Å². The Morgan fingerprint density at radius 1 is 0.976 bits per heavy atom. The van der Waals surface area contributed by atoms with Crippen LogP contribution in [-0.2, 0) is 20.9 Å². The number of carbonyl (C=O) groups excluding carboxylic acids is 2. The van der Waals surface area contributed by atoms with Crippen LogP contribution < -0.4 is 4.74 Å². The van der Waals surface area contributed by atoms with Gasteiger partial charge in [0.1, 0.15) is 18.1 Å². The van der Waals surface area contributed by atoms with Crippen LogP contribution in [0.15, 0.2) is 78.4 Å². The third kappa shape index (κ3) is 6.53. The van der Waals surface area contributed by atoms with Crippen LogP contribution in [0.4, 0.5) is 0 Å². The van der Waals surface area contributed by atoms with Crippen molar-refractivity contribution in [1.29, 1.82) is 0 Å². The first kappa shape index (κ1) is 28.6. The van der Waals surface area contributed by atoms with Gasteiger partial charge in [0.05, 0.1) is 24.8 Å². The van der Waals surface area contributed by atoms with E-state index >= 15 is 0 Å². The van der Waals surface area contributed by atoms with Gasteiger partial charge in [0.15, 0.2) is 0 Å². The summed E-state index contributed by atoms with van der Waals surface area (Å²) in [7, 11) is 0. The Morgan fingerprint density at radius 2 is 1.68 bits per heavy atom. The van der Waals surface area contributed by atoms with Gasteiger partial charge in [-0.1, -0.05) is 67.9 Å². The Hall–Kier alpha value is -3.94. The van der Waals surface area contributed by atoms with Gasteiger partial charge in [-0.2, -0.15) is 0 Å². The van der Waals surface area contributed by atoms with E-state index in [0.29, 0.717) is 50.1 Å². The van der Waals surface area contributed by atoms with Crippen molar-refractivity contribution in [3.63, 3.8) is 0 Å². The number of carbonyl (C=O) groups is 2. The van der Waals surface area contributed by atoms with Crippen molar-refractivity contribution in [2.45, 2.75) is 39.3 Å². The van der Waals surface area contributed by atoms with Crippen molar-refractivity contribution in [2.75, 3.05) is 39.4 Å². The van der Waals surface area contributed by atoms with Crippen molar-refractivity contribution >= 4 is 17.4 Å². The summed E-state index contributed by atoms with van der Waals surface area (Å²) in [6.45, 7) is 10.6. The number of Topliss-reactive ketones (excluding diaryl/α,β-unsaturated/α-hetero) is 1. The number of aliphatic hydroxyl groups excluding tert-OH is 1. The number of aliphatic hydroxyl groups is 1. The summed E-state index contributed by atoms with van der Waals surface area (Å²) < 4.78 is 11.4. The predicted octanol–water partition coefficient (Wildman–Crippen LogP) is 5.45. The smallest absolute Gasteiger partial charge is 0.295 e. The molecule has 1 N–H and O–H groups in total. The van der Waals surface area contributed by atoms with Crippen molar-refractivity contribution in [3.05, 3.63) is 106 Å². The van der Waals surface area contributed by atoms with Crippen LogP contribution in [-0.4, -0.2) is 66.0 Å². The van der Waals surface area contributed by atoms with Crippen molar-refractivity contribution in [3.8, 4) is 5.75 Å². The standard InChI is InChI=1S/C34H38N2O5/c1-23(2)26-7-9-27(10-8-26)31-30(33(38)34(39)36(31)16-15-35-17-19-40-20-18-35)32(37)28-11-13-29(14-12-28)41-22-25-6-4-5-24(3)21-25/h4-14,21,23,31,37H,15-20,22H2,1-3H3. The fraction of sp³-hybridized carbons (Fsp3) is 0.353. The molecule has 2 fully saturated rings. The maximum Gasteiger partial charge on any atom is 0.295 e. The minimum absolute atomic E-state index is 0.114. The zero-order valence-electron chi connectivity index (χ0n) is 24.0. The van der Waals surface area contributed by atoms with Gasteiger partial charge in [0.25, 0.3) is 11.7 Å². The molecule has 0 aromatic heterocycles. The lowest BCUT2D eigenvalue weighted by atomic mass is 9.93. The molecule has 1 unspecified atom stereocenters. The van der Waals surface area contributed by atoms with Crippen LogP contribution in [0.5, 0.6) is 5.75 Å². The monoisotopic (exact) mass is 554 g/mol. The molecule has 7 nitrogen and oxygen atoms in total. The maximum absolute atomic E-state index is 13.4. The van der Waals surface area contributed by atoms with Crippen LogP contribution in [0, 0.1) is 6.92 Å². The summed E-state index contributed by atoms with van der Waals surface area (Å²) >= 11 is 0. The van der Waals surface area contributed by atoms with Gasteiger partial charge in [0, 0.05) is 31.7 Å². The van der Waals surface area contributed by atoms with Crippen molar-refractivity contribution in [2.24, 2.45) is 0 Å². The third-order valence-electron chi connectivity index (χ3n) is 7.84. The molecule has 41 heavy (non-hydrogen) atoms. The molecule has 1 atom stereocenters. The highest BCUT2D eigenvalue weighted by atomic mass is 16.5. The van der Waals surface area contributed by atoms with Gasteiger partial charge < -0.3 is 19.5 Å². The van der Waals surface area contributed by atoms with Crippen LogP contribution in [0.2, 0.25) is 0 Å². The van der Waals surface area contributed by atoms with E-state index < -0.39 is 17.7 Å². The second kappa shape index (κ2) is 12.7. The molecule has 7 heteroatoms. The molecule has 5 rings (SSSR count). The fourth-order valence-corrected chi connectivity index (χ4v) is 5.43. The minimum atomic E-state index is -0.672. The van der Waals surface area contributed by atoms with Gasteiger partial charge in [-0.05, 0) is 53.8 Å². The molecule has 0 spiro atoms. The number of likely N-dealkylation sites (tertiary alicyclic amines) is 1. The van der Waals surface area contributed by atoms with Gasteiger partial charge in [-0.3, -0.25) is 14.5 Å². The molecule has 214 valence electrons. The number of morpholine rings is 1. The summed E-state index contributed by atoms with van der Waals surface area (Å²) in [5, 5.41) is 11.5. The lowest BCUT2D eigenvalue weighted by Crippen LogP contribution is -2.42. The summed E-state index contributed by atoms with van der Waals surface area (Å²) in [6.07, 6.45) is 0. The van der Waals surface area contributed by atoms with E-state index in [1.54, 1.807) is 29.2 Å². The predicted molar refractivity (Wildman–Crippen MR) is 159 cm³/mol. The van der Waals surface area contributed by atoms with E-state index in [0.717, 1.165) is 24.2 Å². The molecule has 0 radical (unpaired) electrons. The summed E-state index contributed by atoms with van der Waals surface area (Å²) in [5.41, 5.74) is 4.78. The van der Waals surface area contributed by atoms with E-state index in [4.69, 9.17) is 9.47 Å². The number of hydrogen-bond donors (Lipinski definition) is 1. The molecule has 0 saturated carbocycles. The second-order valence-corrected chi connectivity index (χ2v) is 11.1. The Bertz CT molecular complexity index is 1410. The molecule has 3 aromatic carbocycles. The largest absolute Gasteiger partial charge is 0.507 e. The SMILES string of the molecule is Cc1cccc(COc2ccc(C(O)=C3C(=O)C(=O)N(CCN4CCOCC4)C3c3ccc(C(C)C)cc3)cc2)c1. The molecule has 2 saturated heterocycles. The van der Waals surface area contributed by atoms with Crippen LogP contribution >= 0.6 is 0 Å². The zero-order valence-corrected chi connectivity index (χ0v) is 24.0. The quantitative estimate of drug-likeness (QED) is 0.215. The molecule has 3 aromatic rings. The first-order valence-corrected chi connectivity index (χ1v) is 14.3. The van der Waals surface area contributed by atoms with E-state index in [1.165, 1.54) is 11.1 Å². The maximum atomic E-state index is 13.4. The topological polar surface area (TPSA) is 79.3 Å². The normalized spacial score (nSPS) is 19.2. The Kier molecular flexibility index (Phi) is 8.86. The Morgan fingerprint density at radius 3 is 2.34 bits per heavy atom. The number of ketones is 1. The van der Waals surface area contributed by atoms with Crippen LogP contribution in [0.1, 0.15) is 53.6 Å². The number of hydrogen-bond acceptors (Lipinski definition) is 6. The molecule has 0 aliphatic carbocycles. The lowest BCUT2D eigenvalue weighted by molar-refractivity contribution is -0.140. The van der Waals surface area contributed by atoms with Gasteiger partial charge in [-0.25, -0.2) is 0 Å². The first-order chi connectivity index (χ1) is 19.8. The average Bonchev–Trinajstić information content (AvgIpc) is 3.24. The Labute approximate surface area is 242 Å². The third-order valence-corrected chi connectivity index (χ3v) is 7.84. The molecular weight excluding hydrogens is 516 g/mol.